The van der Waals surface area contributed by atoms with E-state index in [1.54, 1.807) is 25.1 Å². The number of Topliss-reactive ketones (excluding diaryl/α,β-unsaturated/α-hetero) is 1. The molecular formula is C29H31ClN2O6. The number of hydrogen-bond acceptors (Lipinski definition) is 7. The van der Waals surface area contributed by atoms with E-state index in [-0.39, 0.29) is 53.9 Å². The number of nitrogens with two attached hydrogens (primary N) is 1. The second-order valence-electron chi connectivity index (χ2n) is 10.0. The van der Waals surface area contributed by atoms with Gasteiger partial charge in [0.1, 0.15) is 17.1 Å². The van der Waals surface area contributed by atoms with Crippen molar-refractivity contribution in [1.29, 1.82) is 0 Å². The summed E-state index contributed by atoms with van der Waals surface area (Å²) in [5, 5.41) is 3.18. The van der Waals surface area contributed by atoms with Gasteiger partial charge in [-0.25, -0.2) is 4.79 Å². The maximum absolute atomic E-state index is 13.5. The fraction of sp³-hybridized carbons (Fsp3) is 0.345. The molecule has 2 aromatic rings. The molecule has 3 N–H and O–H groups in total. The van der Waals surface area contributed by atoms with E-state index in [0.717, 1.165) is 5.56 Å². The molecule has 1 amide bonds. The lowest BCUT2D eigenvalue weighted by Gasteiger charge is -2.38. The molecule has 9 heteroatoms. The maximum Gasteiger partial charge on any atom is 0.340 e. The van der Waals surface area contributed by atoms with E-state index < -0.39 is 11.9 Å². The summed E-state index contributed by atoms with van der Waals surface area (Å²) in [6.07, 6.45) is 0.723. The predicted octanol–water partition coefficient (Wildman–Crippen LogP) is 4.53. The second kappa shape index (κ2) is 11.3. The molecule has 200 valence electrons. The van der Waals surface area contributed by atoms with Gasteiger partial charge in [0.2, 0.25) is 5.88 Å². The number of benzene rings is 2. The highest BCUT2D eigenvalue weighted by Crippen LogP contribution is 2.50. The normalized spacial score (nSPS) is 18.4. The molecule has 0 radical (unpaired) electrons. The van der Waals surface area contributed by atoms with Crippen LogP contribution in [0.4, 0.5) is 0 Å². The average molecular weight is 539 g/mol. The van der Waals surface area contributed by atoms with Crippen molar-refractivity contribution in [1.82, 2.24) is 5.32 Å². The Morgan fingerprint density at radius 2 is 1.89 bits per heavy atom. The minimum absolute atomic E-state index is 0.000646. The van der Waals surface area contributed by atoms with Gasteiger partial charge in [-0.05, 0) is 36.1 Å². The van der Waals surface area contributed by atoms with Crippen LogP contribution in [0.1, 0.15) is 50.7 Å². The molecule has 0 bridgehead atoms. The molecule has 1 unspecified atom stereocenters. The first kappa shape index (κ1) is 27.3. The van der Waals surface area contributed by atoms with Crippen LogP contribution >= 0.6 is 11.6 Å². The Morgan fingerprint density at radius 3 is 2.61 bits per heavy atom. The van der Waals surface area contributed by atoms with Crippen molar-refractivity contribution < 1.29 is 28.6 Å². The summed E-state index contributed by atoms with van der Waals surface area (Å²) in [4.78, 5) is 39.1. The van der Waals surface area contributed by atoms with Crippen molar-refractivity contribution in [3.05, 3.63) is 87.5 Å². The third kappa shape index (κ3) is 6.02. The number of ketones is 1. The number of carbonyl (C=O) groups is 3. The zero-order chi connectivity index (χ0) is 27.4. The van der Waals surface area contributed by atoms with Gasteiger partial charge in [0.25, 0.3) is 5.91 Å². The number of amides is 1. The molecule has 8 nitrogen and oxygen atoms in total. The molecule has 0 aromatic heterocycles. The van der Waals surface area contributed by atoms with Crippen LogP contribution in [0.15, 0.2) is 71.3 Å². The van der Waals surface area contributed by atoms with Crippen molar-refractivity contribution in [2.24, 2.45) is 11.1 Å². The van der Waals surface area contributed by atoms with Gasteiger partial charge in [0.15, 0.2) is 12.4 Å². The Kier molecular flexibility index (Phi) is 8.11. The summed E-state index contributed by atoms with van der Waals surface area (Å²) in [5.41, 5.74) is 7.61. The summed E-state index contributed by atoms with van der Waals surface area (Å²) in [5.74, 6) is -1.57. The minimum atomic E-state index is -0.928. The van der Waals surface area contributed by atoms with Gasteiger partial charge in [-0.15, -0.1) is 0 Å². The molecule has 1 heterocycles. The molecule has 1 atom stereocenters. The number of rotatable bonds is 8. The van der Waals surface area contributed by atoms with E-state index in [9.17, 15) is 14.4 Å². The van der Waals surface area contributed by atoms with Crippen molar-refractivity contribution >= 4 is 29.3 Å². The largest absolute Gasteiger partial charge is 0.483 e. The third-order valence-electron chi connectivity index (χ3n) is 6.42. The van der Waals surface area contributed by atoms with E-state index in [1.165, 1.54) is 0 Å². The van der Waals surface area contributed by atoms with Crippen LogP contribution in [0.5, 0.6) is 5.75 Å². The molecule has 0 saturated carbocycles. The first-order valence-electron chi connectivity index (χ1n) is 12.4. The number of nitrogens with one attached hydrogen (secondary N) is 1. The van der Waals surface area contributed by atoms with Gasteiger partial charge in [0.05, 0.1) is 12.5 Å². The predicted molar refractivity (Wildman–Crippen MR) is 142 cm³/mol. The summed E-state index contributed by atoms with van der Waals surface area (Å²) >= 11 is 6.37. The lowest BCUT2D eigenvalue weighted by atomic mass is 9.70. The van der Waals surface area contributed by atoms with Crippen molar-refractivity contribution in [3.63, 3.8) is 0 Å². The van der Waals surface area contributed by atoms with Crippen LogP contribution in [0.2, 0.25) is 5.02 Å². The highest BCUT2D eigenvalue weighted by atomic mass is 35.5. The molecule has 1 aliphatic heterocycles. The summed E-state index contributed by atoms with van der Waals surface area (Å²) < 4.78 is 17.0. The number of carbonyl (C=O) groups excluding carboxylic acids is 3. The van der Waals surface area contributed by atoms with Crippen molar-refractivity contribution in [2.75, 3.05) is 13.2 Å². The van der Waals surface area contributed by atoms with Crippen LogP contribution in [-0.2, 0) is 30.4 Å². The topological polar surface area (TPSA) is 117 Å². The zero-order valence-corrected chi connectivity index (χ0v) is 22.4. The van der Waals surface area contributed by atoms with Gasteiger partial charge in [-0.3, -0.25) is 9.59 Å². The highest BCUT2D eigenvalue weighted by molar-refractivity contribution is 6.30. The van der Waals surface area contributed by atoms with Crippen LogP contribution in [0.3, 0.4) is 0 Å². The number of ether oxygens (including phenoxy) is 3. The van der Waals surface area contributed by atoms with Gasteiger partial charge >= 0.3 is 5.97 Å². The summed E-state index contributed by atoms with van der Waals surface area (Å²) in [7, 11) is 0. The maximum atomic E-state index is 13.5. The quantitative estimate of drug-likeness (QED) is 0.474. The van der Waals surface area contributed by atoms with E-state index in [4.69, 9.17) is 31.5 Å². The van der Waals surface area contributed by atoms with Gasteiger partial charge in [0, 0.05) is 35.5 Å². The van der Waals surface area contributed by atoms with Crippen LogP contribution in [0, 0.1) is 5.41 Å². The summed E-state index contributed by atoms with van der Waals surface area (Å²) in [6, 6.07) is 14.3. The molecule has 38 heavy (non-hydrogen) atoms. The Bertz CT molecular complexity index is 1320. The van der Waals surface area contributed by atoms with Crippen LogP contribution < -0.4 is 15.8 Å². The van der Waals surface area contributed by atoms with Gasteiger partial charge < -0.3 is 25.3 Å². The summed E-state index contributed by atoms with van der Waals surface area (Å²) in [6.45, 7) is 5.78. The number of halogens is 1. The Hall–Kier alpha value is -3.78. The smallest absolute Gasteiger partial charge is 0.340 e. The van der Waals surface area contributed by atoms with E-state index in [0.29, 0.717) is 34.9 Å². The number of allylic oxidation sites excluding steroid dienone is 2. The minimum Gasteiger partial charge on any atom is -0.483 e. The van der Waals surface area contributed by atoms with E-state index in [1.807, 2.05) is 44.2 Å². The third-order valence-corrected chi connectivity index (χ3v) is 6.66. The molecule has 0 saturated heterocycles. The standard InChI is InChI=1S/C29H31ClN2O6/c1-4-36-28(35)26-24(25-20(33)13-29(2,3)14-22(25)38-27(26)31)19-12-18(30)10-11-21(19)37-16-23(34)32-15-17-8-6-5-7-9-17/h5-12,24H,4,13-16,31H2,1-3H3,(H,32,34). The molecule has 0 spiro atoms. The molecule has 1 aliphatic carbocycles. The second-order valence-corrected chi connectivity index (χ2v) is 10.5. The molecular weight excluding hydrogens is 508 g/mol. The highest BCUT2D eigenvalue weighted by Gasteiger charge is 2.46. The number of esters is 1. The van der Waals surface area contributed by atoms with Crippen LogP contribution in [0.25, 0.3) is 0 Å². The molecule has 4 rings (SSSR count). The molecule has 2 aliphatic rings. The average Bonchev–Trinajstić information content (AvgIpc) is 2.85. The van der Waals surface area contributed by atoms with Gasteiger partial charge in [-0.1, -0.05) is 55.8 Å². The van der Waals surface area contributed by atoms with Crippen molar-refractivity contribution in [2.45, 2.75) is 46.1 Å². The lowest BCUT2D eigenvalue weighted by Crippen LogP contribution is -2.36. The monoisotopic (exact) mass is 538 g/mol. The first-order valence-corrected chi connectivity index (χ1v) is 12.8. The SMILES string of the molecule is CCOC(=O)C1=C(N)OC2=C(C(=O)CC(C)(C)C2)C1c1cc(Cl)ccc1OCC(=O)NCc1ccccc1. The first-order chi connectivity index (χ1) is 18.1. The van der Waals surface area contributed by atoms with Crippen LogP contribution in [-0.4, -0.2) is 30.9 Å². The molecule has 2 aromatic carbocycles. The van der Waals surface area contributed by atoms with E-state index >= 15 is 0 Å². The van der Waals surface area contributed by atoms with Crippen molar-refractivity contribution in [3.8, 4) is 5.75 Å². The van der Waals surface area contributed by atoms with E-state index in [2.05, 4.69) is 5.32 Å². The lowest BCUT2D eigenvalue weighted by molar-refractivity contribution is -0.139. The fourth-order valence-electron chi connectivity index (χ4n) is 4.77. The molecule has 0 fully saturated rings. The Morgan fingerprint density at radius 1 is 1.16 bits per heavy atom. The number of hydrogen-bond donors (Lipinski definition) is 2. The fourth-order valence-corrected chi connectivity index (χ4v) is 4.95. The Balaban J connectivity index is 1.68. The Labute approximate surface area is 226 Å². The van der Waals surface area contributed by atoms with Gasteiger partial charge in [-0.2, -0.15) is 0 Å². The zero-order valence-electron chi connectivity index (χ0n) is 21.6.